The second kappa shape index (κ2) is 11.1. The minimum atomic E-state index is -0.577. The molecule has 3 N–H and O–H groups in total. The van der Waals surface area contributed by atoms with Crippen molar-refractivity contribution in [2.45, 2.75) is 24.4 Å². The minimum absolute atomic E-state index is 0.0266. The monoisotopic (exact) mass is 572 g/mol. The molecule has 0 spiro atoms. The summed E-state index contributed by atoms with van der Waals surface area (Å²) in [6.07, 6.45) is 9.78. The van der Waals surface area contributed by atoms with Crippen molar-refractivity contribution in [3.8, 4) is 11.1 Å². The van der Waals surface area contributed by atoms with Crippen LogP contribution in [0.15, 0.2) is 155 Å². The Labute approximate surface area is 256 Å². The van der Waals surface area contributed by atoms with E-state index in [1.54, 1.807) is 0 Å². The van der Waals surface area contributed by atoms with Gasteiger partial charge in [-0.05, 0) is 34.4 Å². The van der Waals surface area contributed by atoms with Crippen molar-refractivity contribution in [1.82, 2.24) is 5.32 Å². The van der Waals surface area contributed by atoms with Crippen molar-refractivity contribution in [2.24, 2.45) is 10.7 Å². The van der Waals surface area contributed by atoms with Gasteiger partial charge in [0.1, 0.15) is 23.6 Å². The number of hydrogen-bond donors (Lipinski definition) is 2. The topological polar surface area (TPSA) is 66.8 Å². The molecule has 6 aromatic rings. The maximum atomic E-state index is 7.25. The third kappa shape index (κ3) is 4.63. The van der Waals surface area contributed by atoms with Gasteiger partial charge in [-0.25, -0.2) is 0 Å². The molecule has 0 fully saturated rings. The van der Waals surface area contributed by atoms with Gasteiger partial charge in [-0.15, -0.1) is 0 Å². The lowest BCUT2D eigenvalue weighted by molar-refractivity contribution is 0.410. The second-order valence-corrected chi connectivity index (χ2v) is 11.4. The number of nitrogens with one attached hydrogen (secondary N) is 1. The summed E-state index contributed by atoms with van der Waals surface area (Å²) in [5.41, 5.74) is 15.7. The molecule has 5 heteroatoms. The van der Waals surface area contributed by atoms with Gasteiger partial charge in [-0.1, -0.05) is 127 Å². The average Bonchev–Trinajstić information content (AvgIpc) is 3.39. The predicted octanol–water partition coefficient (Wildman–Crippen LogP) is 8.30. The third-order valence-electron chi connectivity index (χ3n) is 8.73. The molecule has 8 rings (SSSR count). The summed E-state index contributed by atoms with van der Waals surface area (Å²) in [7, 11) is 0. The van der Waals surface area contributed by atoms with Crippen molar-refractivity contribution in [3.05, 3.63) is 162 Å². The fourth-order valence-corrected chi connectivity index (χ4v) is 6.67. The third-order valence-corrected chi connectivity index (χ3v) is 8.73. The number of nitrogens with two attached hydrogens (primary N) is 1. The average molecular weight is 573 g/mol. The lowest BCUT2D eigenvalue weighted by Crippen LogP contribution is -2.57. The first-order valence-electron chi connectivity index (χ1n) is 15.1. The molecule has 0 saturated carbocycles. The molecule has 0 bridgehead atoms. The van der Waals surface area contributed by atoms with E-state index in [9.17, 15) is 0 Å². The molecule has 0 radical (unpaired) electrons. The molecule has 4 atom stereocenters. The normalized spacial score (nSPS) is 18.6. The highest BCUT2D eigenvalue weighted by Crippen LogP contribution is 2.48. The van der Waals surface area contributed by atoms with Crippen LogP contribution in [0.1, 0.15) is 28.8 Å². The smallest absolute Gasteiger partial charge is 0.137 e. The summed E-state index contributed by atoms with van der Waals surface area (Å²) in [6.45, 7) is 0. The molecule has 5 nitrogen and oxygen atoms in total. The Hall–Kier alpha value is -5.23. The number of benzene rings is 5. The van der Waals surface area contributed by atoms with Gasteiger partial charge in [0.25, 0.3) is 0 Å². The molecule has 0 amide bonds. The van der Waals surface area contributed by atoms with E-state index in [4.69, 9.17) is 15.1 Å². The Kier molecular flexibility index (Phi) is 6.67. The molecule has 0 saturated heterocycles. The minimum Gasteiger partial charge on any atom is -0.456 e. The van der Waals surface area contributed by atoms with Crippen molar-refractivity contribution in [2.75, 3.05) is 4.90 Å². The number of nitrogens with zero attached hydrogens (tertiary/aromatic N) is 2. The molecule has 2 aliphatic rings. The molecule has 1 aliphatic carbocycles. The van der Waals surface area contributed by atoms with Crippen LogP contribution in [0.4, 0.5) is 5.69 Å². The van der Waals surface area contributed by atoms with E-state index in [1.165, 1.54) is 11.1 Å². The Bertz CT molecular complexity index is 2040. The van der Waals surface area contributed by atoms with E-state index in [1.807, 2.05) is 54.7 Å². The number of aliphatic imine (C=N–C) groups is 1. The quantitative estimate of drug-likeness (QED) is 0.156. The zero-order chi connectivity index (χ0) is 29.5. The number of hydrogen-bond acceptors (Lipinski definition) is 5. The van der Waals surface area contributed by atoms with Crippen LogP contribution < -0.4 is 16.0 Å². The molecule has 1 aliphatic heterocycles. The number of fused-ring (bicyclic) bond motifs is 8. The number of rotatable bonds is 6. The van der Waals surface area contributed by atoms with Crippen LogP contribution in [-0.2, 0) is 0 Å². The highest BCUT2D eigenvalue weighted by atomic mass is 16.3. The Morgan fingerprint density at radius 1 is 0.727 bits per heavy atom. The van der Waals surface area contributed by atoms with Crippen molar-refractivity contribution < 1.29 is 4.42 Å². The van der Waals surface area contributed by atoms with Crippen molar-refractivity contribution in [3.63, 3.8) is 0 Å². The van der Waals surface area contributed by atoms with Gasteiger partial charge in [-0.3, -0.25) is 16.0 Å². The van der Waals surface area contributed by atoms with E-state index in [2.05, 4.69) is 107 Å². The van der Waals surface area contributed by atoms with Gasteiger partial charge in [0.05, 0.1) is 11.7 Å². The molecule has 214 valence electrons. The standard InChI is InChI=1S/C39H32N4O/c40-39(42-38(27-15-5-2-6-16-27)41-25-26-13-3-1-4-14-26)43-34-21-11-9-19-30(34)28-17-7-8-18-29(28)32-23-33-31-20-10-12-22-36(31)44-37(33)24-35(32)43/h1-25,30,34,38-39,42H,40H2. The number of allylic oxidation sites excluding steroid dienone is 2. The van der Waals surface area contributed by atoms with E-state index >= 15 is 0 Å². The lowest BCUT2D eigenvalue weighted by atomic mass is 9.85. The molecule has 44 heavy (non-hydrogen) atoms. The number of para-hydroxylation sites is 1. The summed E-state index contributed by atoms with van der Waals surface area (Å²) in [6, 6.07) is 41.8. The van der Waals surface area contributed by atoms with Crippen LogP contribution in [0.25, 0.3) is 33.1 Å². The van der Waals surface area contributed by atoms with Gasteiger partial charge in [0.2, 0.25) is 0 Å². The van der Waals surface area contributed by atoms with Gasteiger partial charge in [-0.2, -0.15) is 0 Å². The Balaban J connectivity index is 1.28. The summed E-state index contributed by atoms with van der Waals surface area (Å²) >= 11 is 0. The first-order chi connectivity index (χ1) is 21.7. The number of furan rings is 1. The first-order valence-corrected chi connectivity index (χ1v) is 15.1. The van der Waals surface area contributed by atoms with Gasteiger partial charge >= 0.3 is 0 Å². The van der Waals surface area contributed by atoms with E-state index in [-0.39, 0.29) is 18.1 Å². The molecule has 2 heterocycles. The fraction of sp³-hybridized carbons (Fsp3) is 0.103. The van der Waals surface area contributed by atoms with Gasteiger partial charge in [0.15, 0.2) is 0 Å². The summed E-state index contributed by atoms with van der Waals surface area (Å²) in [5, 5.41) is 5.90. The highest BCUT2D eigenvalue weighted by molar-refractivity contribution is 6.08. The van der Waals surface area contributed by atoms with E-state index in [0.29, 0.717) is 0 Å². The van der Waals surface area contributed by atoms with Crippen LogP contribution in [0.2, 0.25) is 0 Å². The van der Waals surface area contributed by atoms with Crippen LogP contribution in [-0.4, -0.2) is 18.5 Å². The van der Waals surface area contributed by atoms with Crippen LogP contribution in [0.5, 0.6) is 0 Å². The van der Waals surface area contributed by atoms with Crippen LogP contribution in [0, 0.1) is 0 Å². The van der Waals surface area contributed by atoms with Crippen molar-refractivity contribution >= 4 is 33.8 Å². The van der Waals surface area contributed by atoms with Crippen LogP contribution >= 0.6 is 0 Å². The Morgan fingerprint density at radius 3 is 2.32 bits per heavy atom. The first kappa shape index (κ1) is 26.4. The molecule has 1 aromatic heterocycles. The van der Waals surface area contributed by atoms with Gasteiger partial charge in [0, 0.05) is 34.5 Å². The highest BCUT2D eigenvalue weighted by Gasteiger charge is 2.37. The summed E-state index contributed by atoms with van der Waals surface area (Å²) < 4.78 is 6.41. The fourth-order valence-electron chi connectivity index (χ4n) is 6.67. The zero-order valence-corrected chi connectivity index (χ0v) is 24.1. The number of anilines is 1. The van der Waals surface area contributed by atoms with Crippen LogP contribution in [0.3, 0.4) is 0 Å². The lowest BCUT2D eigenvalue weighted by Gasteiger charge is -2.41. The van der Waals surface area contributed by atoms with Crippen molar-refractivity contribution in [1.29, 1.82) is 0 Å². The van der Waals surface area contributed by atoms with E-state index < -0.39 is 6.29 Å². The SMILES string of the molecule is NC(NC(N=Cc1ccccc1)c1ccccc1)N1c2cc3oc4ccccc4c3cc2-c2ccccc2C2C=CC=CC21. The zero-order valence-electron chi connectivity index (χ0n) is 24.1. The maximum Gasteiger partial charge on any atom is 0.137 e. The maximum absolute atomic E-state index is 7.25. The predicted molar refractivity (Wildman–Crippen MR) is 181 cm³/mol. The molecular formula is C39H32N4O. The second-order valence-electron chi connectivity index (χ2n) is 11.4. The summed E-state index contributed by atoms with van der Waals surface area (Å²) in [5.74, 6) is 0.113. The summed E-state index contributed by atoms with van der Waals surface area (Å²) in [4.78, 5) is 7.31. The largest absolute Gasteiger partial charge is 0.456 e. The van der Waals surface area contributed by atoms with Gasteiger partial charge < -0.3 is 9.32 Å². The molecular weight excluding hydrogens is 540 g/mol. The van der Waals surface area contributed by atoms with E-state index in [0.717, 1.165) is 44.3 Å². The Morgan fingerprint density at radius 2 is 1.45 bits per heavy atom. The molecule has 5 aromatic carbocycles. The molecule has 4 unspecified atom stereocenters.